The molecule has 0 spiro atoms. The van der Waals surface area contributed by atoms with E-state index in [1.165, 1.54) is 16.2 Å². The normalized spacial score (nSPS) is 11.4. The van der Waals surface area contributed by atoms with Crippen LogP contribution in [0.1, 0.15) is 40.1 Å². The lowest BCUT2D eigenvalue weighted by Gasteiger charge is -2.09. The summed E-state index contributed by atoms with van der Waals surface area (Å²) >= 11 is 0. The van der Waals surface area contributed by atoms with Crippen molar-refractivity contribution in [3.63, 3.8) is 0 Å². The van der Waals surface area contributed by atoms with Crippen LogP contribution in [0.15, 0.2) is 77.8 Å². The lowest BCUT2D eigenvalue weighted by molar-refractivity contribution is 0.0517. The monoisotopic (exact) mass is 491 g/mol. The van der Waals surface area contributed by atoms with Crippen molar-refractivity contribution in [3.8, 4) is 11.1 Å². The maximum absolute atomic E-state index is 13.6. The quantitative estimate of drug-likeness (QED) is 0.330. The molecule has 1 aromatic heterocycles. The molecule has 35 heavy (non-hydrogen) atoms. The van der Waals surface area contributed by atoms with E-state index in [2.05, 4.69) is 0 Å². The summed E-state index contributed by atoms with van der Waals surface area (Å²) in [4.78, 5) is 24.5. The van der Waals surface area contributed by atoms with E-state index >= 15 is 0 Å². The Labute approximate surface area is 204 Å². The van der Waals surface area contributed by atoms with Gasteiger partial charge in [0.1, 0.15) is 0 Å². The van der Waals surface area contributed by atoms with Gasteiger partial charge in [0.25, 0.3) is 10.0 Å². The molecule has 1 heterocycles. The number of nitrogens with zero attached hydrogens (tertiary/aromatic N) is 1. The second kappa shape index (κ2) is 9.76. The molecule has 0 radical (unpaired) electrons. The summed E-state index contributed by atoms with van der Waals surface area (Å²) in [6.45, 7) is 5.80. The maximum Gasteiger partial charge on any atom is 0.338 e. The summed E-state index contributed by atoms with van der Waals surface area (Å²) in [7, 11) is -3.96. The largest absolute Gasteiger partial charge is 0.462 e. The van der Waals surface area contributed by atoms with Gasteiger partial charge in [-0.05, 0) is 62.7 Å². The van der Waals surface area contributed by atoms with Gasteiger partial charge >= 0.3 is 11.9 Å². The molecule has 0 fully saturated rings. The van der Waals surface area contributed by atoms with Crippen molar-refractivity contribution in [3.05, 3.63) is 89.6 Å². The molecular formula is C27H25NO6S. The molecule has 0 saturated heterocycles. The number of hydrogen-bond acceptors (Lipinski definition) is 6. The van der Waals surface area contributed by atoms with Crippen LogP contribution in [0.5, 0.6) is 0 Å². The Morgan fingerprint density at radius 2 is 1.37 bits per heavy atom. The molecule has 0 unspecified atom stereocenters. The van der Waals surface area contributed by atoms with E-state index in [0.29, 0.717) is 27.6 Å². The van der Waals surface area contributed by atoms with E-state index in [-0.39, 0.29) is 23.7 Å². The van der Waals surface area contributed by atoms with Crippen LogP contribution in [-0.2, 0) is 19.5 Å². The van der Waals surface area contributed by atoms with Crippen LogP contribution in [0.2, 0.25) is 0 Å². The molecule has 4 rings (SSSR count). The minimum Gasteiger partial charge on any atom is -0.462 e. The van der Waals surface area contributed by atoms with Gasteiger partial charge in [0.15, 0.2) is 0 Å². The van der Waals surface area contributed by atoms with Gasteiger partial charge < -0.3 is 9.47 Å². The van der Waals surface area contributed by atoms with Crippen molar-refractivity contribution in [2.24, 2.45) is 0 Å². The molecule has 8 heteroatoms. The fourth-order valence-electron chi connectivity index (χ4n) is 3.79. The highest BCUT2D eigenvalue weighted by molar-refractivity contribution is 7.90. The van der Waals surface area contributed by atoms with E-state index in [1.54, 1.807) is 74.5 Å². The number of ether oxygens (including phenoxy) is 2. The standard InChI is InChI=1S/C27H25NO6S/c1-4-33-26(29)20-10-8-19(9-11-20)24-17-28(35(31,32)22-13-6-18(3)7-14-22)25-16-21(12-15-23(24)25)27(30)34-5-2/h6-17H,4-5H2,1-3H3. The molecule has 4 aromatic rings. The summed E-state index contributed by atoms with van der Waals surface area (Å²) in [5, 5.41) is 0.637. The first-order chi connectivity index (χ1) is 16.8. The van der Waals surface area contributed by atoms with Gasteiger partial charge in [-0.2, -0.15) is 0 Å². The Morgan fingerprint density at radius 1 is 0.800 bits per heavy atom. The van der Waals surface area contributed by atoms with Crippen molar-refractivity contribution in [1.82, 2.24) is 3.97 Å². The van der Waals surface area contributed by atoms with Gasteiger partial charge in [0.2, 0.25) is 0 Å². The van der Waals surface area contributed by atoms with Crippen molar-refractivity contribution >= 4 is 32.9 Å². The Bertz CT molecular complexity index is 1500. The van der Waals surface area contributed by atoms with Crippen molar-refractivity contribution in [2.45, 2.75) is 25.7 Å². The number of aryl methyl sites for hydroxylation is 1. The zero-order chi connectivity index (χ0) is 25.2. The Morgan fingerprint density at radius 3 is 1.97 bits per heavy atom. The second-order valence-corrected chi connectivity index (χ2v) is 9.72. The average molecular weight is 492 g/mol. The van der Waals surface area contributed by atoms with Crippen LogP contribution in [0.3, 0.4) is 0 Å². The highest BCUT2D eigenvalue weighted by atomic mass is 32.2. The molecule has 0 aliphatic rings. The van der Waals surface area contributed by atoms with E-state index < -0.39 is 22.0 Å². The molecule has 0 amide bonds. The number of hydrogen-bond donors (Lipinski definition) is 0. The van der Waals surface area contributed by atoms with Gasteiger partial charge in [-0.25, -0.2) is 22.0 Å². The van der Waals surface area contributed by atoms with Crippen LogP contribution in [0.25, 0.3) is 22.0 Å². The number of carbonyl (C=O) groups excluding carboxylic acids is 2. The minimum atomic E-state index is -3.96. The Balaban J connectivity index is 1.90. The summed E-state index contributed by atoms with van der Waals surface area (Å²) in [5.41, 5.74) is 3.29. The number of aromatic nitrogens is 1. The van der Waals surface area contributed by atoms with Crippen molar-refractivity contribution < 1.29 is 27.5 Å². The zero-order valence-electron chi connectivity index (χ0n) is 19.6. The topological polar surface area (TPSA) is 91.7 Å². The third-order valence-electron chi connectivity index (χ3n) is 5.57. The first-order valence-electron chi connectivity index (χ1n) is 11.2. The van der Waals surface area contributed by atoms with E-state index in [9.17, 15) is 18.0 Å². The fraction of sp³-hybridized carbons (Fsp3) is 0.185. The third kappa shape index (κ3) is 4.70. The zero-order valence-corrected chi connectivity index (χ0v) is 20.5. The number of esters is 2. The van der Waals surface area contributed by atoms with Crippen LogP contribution >= 0.6 is 0 Å². The highest BCUT2D eigenvalue weighted by Crippen LogP contribution is 2.34. The van der Waals surface area contributed by atoms with E-state index in [4.69, 9.17) is 9.47 Å². The summed E-state index contributed by atoms with van der Waals surface area (Å²) in [6, 6.07) is 18.2. The predicted molar refractivity (Wildman–Crippen MR) is 133 cm³/mol. The first-order valence-corrected chi connectivity index (χ1v) is 12.6. The molecule has 7 nitrogen and oxygen atoms in total. The molecule has 180 valence electrons. The van der Waals surface area contributed by atoms with E-state index in [0.717, 1.165) is 5.56 Å². The van der Waals surface area contributed by atoms with Gasteiger partial charge in [-0.15, -0.1) is 0 Å². The fourth-order valence-corrected chi connectivity index (χ4v) is 5.15. The van der Waals surface area contributed by atoms with Gasteiger partial charge in [0.05, 0.1) is 34.8 Å². The average Bonchev–Trinajstić information content (AvgIpc) is 3.24. The Kier molecular flexibility index (Phi) is 6.75. The predicted octanol–water partition coefficient (Wildman–Crippen LogP) is 5.21. The minimum absolute atomic E-state index is 0.130. The highest BCUT2D eigenvalue weighted by Gasteiger charge is 2.23. The number of carbonyl (C=O) groups is 2. The molecule has 0 bridgehead atoms. The molecule has 0 saturated carbocycles. The lowest BCUT2D eigenvalue weighted by atomic mass is 10.0. The number of fused-ring (bicyclic) bond motifs is 1. The Hall–Kier alpha value is -3.91. The molecule has 0 aliphatic carbocycles. The smallest absolute Gasteiger partial charge is 0.338 e. The SMILES string of the molecule is CCOC(=O)c1ccc(-c2cn(S(=O)(=O)c3ccc(C)cc3)c3cc(C(=O)OCC)ccc23)cc1. The summed E-state index contributed by atoms with van der Waals surface area (Å²) < 4.78 is 38.6. The number of benzene rings is 3. The van der Waals surface area contributed by atoms with Crippen LogP contribution in [0.4, 0.5) is 0 Å². The maximum atomic E-state index is 13.6. The summed E-state index contributed by atoms with van der Waals surface area (Å²) in [6.07, 6.45) is 1.54. The molecular weight excluding hydrogens is 466 g/mol. The van der Waals surface area contributed by atoms with Crippen molar-refractivity contribution in [1.29, 1.82) is 0 Å². The van der Waals surface area contributed by atoms with Gasteiger partial charge in [-0.3, -0.25) is 0 Å². The molecule has 0 N–H and O–H groups in total. The van der Waals surface area contributed by atoms with Crippen molar-refractivity contribution in [2.75, 3.05) is 13.2 Å². The number of rotatable bonds is 7. The summed E-state index contributed by atoms with van der Waals surface area (Å²) in [5.74, 6) is -0.960. The van der Waals surface area contributed by atoms with Crippen LogP contribution in [0, 0.1) is 6.92 Å². The second-order valence-electron chi connectivity index (χ2n) is 7.91. The van der Waals surface area contributed by atoms with Crippen LogP contribution < -0.4 is 0 Å². The van der Waals surface area contributed by atoms with Gasteiger partial charge in [0, 0.05) is 17.1 Å². The molecule has 3 aromatic carbocycles. The van der Waals surface area contributed by atoms with Crippen LogP contribution in [-0.4, -0.2) is 37.5 Å². The molecule has 0 aliphatic heterocycles. The first kappa shape index (κ1) is 24.2. The van der Waals surface area contributed by atoms with Gasteiger partial charge in [-0.1, -0.05) is 35.9 Å². The third-order valence-corrected chi connectivity index (χ3v) is 7.26. The molecule has 0 atom stereocenters. The van der Waals surface area contributed by atoms with E-state index in [1.807, 2.05) is 6.92 Å². The lowest BCUT2D eigenvalue weighted by Crippen LogP contribution is -2.12.